The average molecular weight is 127 g/mol. The Morgan fingerprint density at radius 2 is 2.11 bits per heavy atom. The van der Waals surface area contributed by atoms with Crippen molar-refractivity contribution in [2.24, 2.45) is 5.92 Å². The highest BCUT2D eigenvalue weighted by molar-refractivity contribution is 4.74. The van der Waals surface area contributed by atoms with E-state index >= 15 is 0 Å². The Labute approximate surface area is 58.4 Å². The molecule has 0 aliphatic rings. The van der Waals surface area contributed by atoms with Crippen molar-refractivity contribution in [1.82, 2.24) is 4.90 Å². The van der Waals surface area contributed by atoms with Crippen molar-refractivity contribution < 1.29 is 0 Å². The summed E-state index contributed by atoms with van der Waals surface area (Å²) < 4.78 is 0. The van der Waals surface area contributed by atoms with Crippen molar-refractivity contribution in [3.8, 4) is 0 Å². The van der Waals surface area contributed by atoms with Crippen LogP contribution < -0.4 is 0 Å². The minimum Gasteiger partial charge on any atom is -0.309 e. The standard InChI is InChI=1S/C8H17N/c1-5-8(2)6-7-9(3)4/h5,8H,1,6-7H2,2-4H3. The van der Waals surface area contributed by atoms with Crippen LogP contribution in [0.1, 0.15) is 13.3 Å². The first kappa shape index (κ1) is 8.70. The molecule has 0 radical (unpaired) electrons. The van der Waals surface area contributed by atoms with Gasteiger partial charge < -0.3 is 4.90 Å². The van der Waals surface area contributed by atoms with E-state index in [0.717, 1.165) is 6.54 Å². The largest absolute Gasteiger partial charge is 0.309 e. The molecule has 0 N–H and O–H groups in total. The number of hydrogen-bond acceptors (Lipinski definition) is 1. The van der Waals surface area contributed by atoms with Gasteiger partial charge in [0.05, 0.1) is 0 Å². The van der Waals surface area contributed by atoms with Crippen LogP contribution in [0.3, 0.4) is 0 Å². The molecule has 1 unspecified atom stereocenters. The molecular weight excluding hydrogens is 110 g/mol. The van der Waals surface area contributed by atoms with E-state index in [1.54, 1.807) is 0 Å². The first-order valence-electron chi connectivity index (χ1n) is 3.44. The fourth-order valence-corrected chi connectivity index (χ4v) is 0.580. The molecule has 0 saturated heterocycles. The molecule has 0 aliphatic carbocycles. The lowest BCUT2D eigenvalue weighted by molar-refractivity contribution is 0.380. The van der Waals surface area contributed by atoms with E-state index in [0.29, 0.717) is 5.92 Å². The molecule has 0 saturated carbocycles. The lowest BCUT2D eigenvalue weighted by atomic mass is 10.1. The van der Waals surface area contributed by atoms with E-state index < -0.39 is 0 Å². The van der Waals surface area contributed by atoms with Crippen molar-refractivity contribution >= 4 is 0 Å². The Morgan fingerprint density at radius 1 is 1.56 bits per heavy atom. The normalized spacial score (nSPS) is 13.8. The first-order chi connectivity index (χ1) is 4.16. The van der Waals surface area contributed by atoms with Crippen LogP contribution in [-0.2, 0) is 0 Å². The molecule has 9 heavy (non-hydrogen) atoms. The third kappa shape index (κ3) is 5.57. The predicted molar refractivity (Wildman–Crippen MR) is 42.5 cm³/mol. The van der Waals surface area contributed by atoms with Crippen LogP contribution in [-0.4, -0.2) is 25.5 Å². The van der Waals surface area contributed by atoms with Crippen LogP contribution in [0, 0.1) is 5.92 Å². The van der Waals surface area contributed by atoms with Gasteiger partial charge in [0.25, 0.3) is 0 Å². The topological polar surface area (TPSA) is 3.24 Å². The molecule has 0 rings (SSSR count). The van der Waals surface area contributed by atoms with Crippen LogP contribution in [0.5, 0.6) is 0 Å². The molecule has 0 aliphatic heterocycles. The quantitative estimate of drug-likeness (QED) is 0.520. The van der Waals surface area contributed by atoms with Gasteiger partial charge in [0.1, 0.15) is 0 Å². The first-order valence-corrected chi connectivity index (χ1v) is 3.44. The summed E-state index contributed by atoms with van der Waals surface area (Å²) in [6.07, 6.45) is 3.22. The van der Waals surface area contributed by atoms with Crippen LogP contribution in [0.15, 0.2) is 12.7 Å². The molecule has 54 valence electrons. The molecule has 1 atom stereocenters. The van der Waals surface area contributed by atoms with Crippen molar-refractivity contribution in [3.05, 3.63) is 12.7 Å². The highest BCUT2D eigenvalue weighted by Gasteiger charge is 1.95. The zero-order valence-corrected chi connectivity index (χ0v) is 6.72. The molecule has 0 heterocycles. The molecular formula is C8H17N. The summed E-state index contributed by atoms with van der Waals surface area (Å²) in [5.41, 5.74) is 0. The molecule has 1 nitrogen and oxygen atoms in total. The van der Waals surface area contributed by atoms with E-state index in [1.165, 1.54) is 6.42 Å². The van der Waals surface area contributed by atoms with Gasteiger partial charge in [0.2, 0.25) is 0 Å². The summed E-state index contributed by atoms with van der Waals surface area (Å²) in [5, 5.41) is 0. The average Bonchev–Trinajstić information content (AvgIpc) is 1.83. The van der Waals surface area contributed by atoms with Gasteiger partial charge in [-0.1, -0.05) is 13.0 Å². The highest BCUT2D eigenvalue weighted by Crippen LogP contribution is 2.01. The minimum atomic E-state index is 0.660. The Morgan fingerprint density at radius 3 is 2.44 bits per heavy atom. The monoisotopic (exact) mass is 127 g/mol. The fourth-order valence-electron chi connectivity index (χ4n) is 0.580. The van der Waals surface area contributed by atoms with Gasteiger partial charge in [-0.15, -0.1) is 6.58 Å². The highest BCUT2D eigenvalue weighted by atomic mass is 15.0. The maximum absolute atomic E-state index is 3.72. The lowest BCUT2D eigenvalue weighted by Crippen LogP contribution is -2.14. The molecule has 1 heteroatoms. The second-order valence-electron chi connectivity index (χ2n) is 2.80. The smallest absolute Gasteiger partial charge is 0.00193 e. The van der Waals surface area contributed by atoms with Crippen molar-refractivity contribution in [2.75, 3.05) is 20.6 Å². The van der Waals surface area contributed by atoms with Gasteiger partial charge in [-0.2, -0.15) is 0 Å². The third-order valence-electron chi connectivity index (χ3n) is 1.43. The Balaban J connectivity index is 3.16. The predicted octanol–water partition coefficient (Wildman–Crippen LogP) is 1.76. The van der Waals surface area contributed by atoms with Gasteiger partial charge in [-0.25, -0.2) is 0 Å². The summed E-state index contributed by atoms with van der Waals surface area (Å²) >= 11 is 0. The summed E-state index contributed by atoms with van der Waals surface area (Å²) in [4.78, 5) is 2.19. The molecule has 0 amide bonds. The van der Waals surface area contributed by atoms with Crippen LogP contribution in [0.2, 0.25) is 0 Å². The number of hydrogen-bond donors (Lipinski definition) is 0. The van der Waals surface area contributed by atoms with E-state index in [4.69, 9.17) is 0 Å². The summed E-state index contributed by atoms with van der Waals surface area (Å²) in [5.74, 6) is 0.660. The third-order valence-corrected chi connectivity index (χ3v) is 1.43. The van der Waals surface area contributed by atoms with Gasteiger partial charge in [0, 0.05) is 0 Å². The lowest BCUT2D eigenvalue weighted by Gasteiger charge is -2.10. The second kappa shape index (κ2) is 4.57. The van der Waals surface area contributed by atoms with Crippen LogP contribution >= 0.6 is 0 Å². The number of nitrogens with zero attached hydrogens (tertiary/aromatic N) is 1. The molecule has 0 aromatic rings. The summed E-state index contributed by atoms with van der Waals surface area (Å²) in [7, 11) is 4.19. The maximum Gasteiger partial charge on any atom is -0.00193 e. The van der Waals surface area contributed by atoms with Crippen molar-refractivity contribution in [3.63, 3.8) is 0 Å². The molecule has 0 fully saturated rings. The zero-order chi connectivity index (χ0) is 7.28. The van der Waals surface area contributed by atoms with Gasteiger partial charge in [-0.05, 0) is 33.0 Å². The number of allylic oxidation sites excluding steroid dienone is 1. The van der Waals surface area contributed by atoms with E-state index in [-0.39, 0.29) is 0 Å². The Bertz CT molecular complexity index is 76.6. The van der Waals surface area contributed by atoms with E-state index in [2.05, 4.69) is 32.5 Å². The van der Waals surface area contributed by atoms with Crippen molar-refractivity contribution in [1.29, 1.82) is 0 Å². The molecule has 0 bridgehead atoms. The zero-order valence-electron chi connectivity index (χ0n) is 6.72. The van der Waals surface area contributed by atoms with Gasteiger partial charge in [-0.3, -0.25) is 0 Å². The van der Waals surface area contributed by atoms with Crippen LogP contribution in [0.4, 0.5) is 0 Å². The van der Waals surface area contributed by atoms with Crippen LogP contribution in [0.25, 0.3) is 0 Å². The summed E-state index contributed by atoms with van der Waals surface area (Å²) in [6.45, 7) is 7.07. The molecule has 0 aromatic heterocycles. The minimum absolute atomic E-state index is 0.660. The molecule has 0 aromatic carbocycles. The molecule has 0 spiro atoms. The van der Waals surface area contributed by atoms with Crippen molar-refractivity contribution in [2.45, 2.75) is 13.3 Å². The Kier molecular flexibility index (Phi) is 4.41. The Hall–Kier alpha value is -0.300. The summed E-state index contributed by atoms with van der Waals surface area (Å²) in [6, 6.07) is 0. The van der Waals surface area contributed by atoms with E-state index in [9.17, 15) is 0 Å². The van der Waals surface area contributed by atoms with E-state index in [1.807, 2.05) is 6.08 Å². The second-order valence-corrected chi connectivity index (χ2v) is 2.80. The maximum atomic E-state index is 3.72. The SMILES string of the molecule is C=CC(C)CCN(C)C. The van der Waals surface area contributed by atoms with Gasteiger partial charge in [0.15, 0.2) is 0 Å². The number of rotatable bonds is 4. The van der Waals surface area contributed by atoms with Gasteiger partial charge >= 0.3 is 0 Å². The fraction of sp³-hybridized carbons (Fsp3) is 0.750.